The van der Waals surface area contributed by atoms with Gasteiger partial charge >= 0.3 is 0 Å². The fourth-order valence-corrected chi connectivity index (χ4v) is 8.59. The Morgan fingerprint density at radius 3 is 2.05 bits per heavy atom. The number of morpholine rings is 1. The van der Waals surface area contributed by atoms with E-state index in [1.165, 1.54) is 0 Å². The lowest BCUT2D eigenvalue weighted by Gasteiger charge is -2.42. The zero-order valence-corrected chi connectivity index (χ0v) is 27.4. The lowest BCUT2D eigenvalue weighted by molar-refractivity contribution is 0.0718. The molecule has 0 saturated carbocycles. The van der Waals surface area contributed by atoms with Crippen LogP contribution in [0.15, 0.2) is 65.3 Å². The highest BCUT2D eigenvalue weighted by molar-refractivity contribution is 9.10. The maximum Gasteiger partial charge on any atom is 0.224 e. The molecule has 0 N–H and O–H groups in total. The molecular formula is C32H40BrN3O6S. The van der Waals surface area contributed by atoms with Crippen LogP contribution in [-0.2, 0) is 37.3 Å². The lowest BCUT2D eigenvalue weighted by atomic mass is 9.91. The molecule has 2 aliphatic heterocycles. The van der Waals surface area contributed by atoms with Crippen molar-refractivity contribution in [3.63, 3.8) is 0 Å². The molecule has 0 bridgehead atoms. The van der Waals surface area contributed by atoms with Crippen LogP contribution in [0.1, 0.15) is 42.9 Å². The molecule has 2 saturated heterocycles. The van der Waals surface area contributed by atoms with Crippen molar-refractivity contribution in [2.75, 3.05) is 52.1 Å². The number of aromatic nitrogens is 1. The Balaban J connectivity index is 1.59. The molecule has 2 aliphatic rings. The molecule has 1 unspecified atom stereocenters. The second-order valence-corrected chi connectivity index (χ2v) is 14.0. The van der Waals surface area contributed by atoms with Crippen molar-refractivity contribution >= 4 is 31.8 Å². The lowest BCUT2D eigenvalue weighted by Crippen LogP contribution is -2.49. The van der Waals surface area contributed by atoms with Gasteiger partial charge in [0, 0.05) is 32.8 Å². The van der Waals surface area contributed by atoms with E-state index in [0.29, 0.717) is 50.4 Å². The minimum atomic E-state index is -3.95. The third kappa shape index (κ3) is 6.86. The number of halogens is 1. The number of benzene rings is 2. The van der Waals surface area contributed by atoms with Gasteiger partial charge in [-0.25, -0.2) is 13.4 Å². The average Bonchev–Trinajstić information content (AvgIpc) is 3.05. The van der Waals surface area contributed by atoms with E-state index < -0.39 is 14.8 Å². The van der Waals surface area contributed by atoms with Gasteiger partial charge in [-0.05, 0) is 88.3 Å². The Morgan fingerprint density at radius 2 is 1.51 bits per heavy atom. The van der Waals surface area contributed by atoms with Crippen LogP contribution in [0, 0.1) is 0 Å². The summed E-state index contributed by atoms with van der Waals surface area (Å²) in [7, 11) is -0.719. The Bertz CT molecular complexity index is 1410. The monoisotopic (exact) mass is 673 g/mol. The van der Waals surface area contributed by atoms with E-state index in [1.807, 2.05) is 60.7 Å². The summed E-state index contributed by atoms with van der Waals surface area (Å²) in [5, 5.41) is 0. The van der Waals surface area contributed by atoms with E-state index in [2.05, 4.69) is 27.8 Å². The van der Waals surface area contributed by atoms with Crippen molar-refractivity contribution in [1.82, 2.24) is 9.29 Å². The molecule has 1 atom stereocenters. The number of methoxy groups -OCH3 is 2. The van der Waals surface area contributed by atoms with Crippen LogP contribution < -0.4 is 14.4 Å². The van der Waals surface area contributed by atoms with Gasteiger partial charge in [-0.2, -0.15) is 4.31 Å². The third-order valence-electron chi connectivity index (χ3n) is 8.47. The largest absolute Gasteiger partial charge is 0.497 e. The number of anilines is 1. The molecule has 43 heavy (non-hydrogen) atoms. The fourth-order valence-electron chi connectivity index (χ4n) is 5.93. The number of hydrogen-bond acceptors (Lipinski definition) is 8. The average molecular weight is 675 g/mol. The van der Waals surface area contributed by atoms with Gasteiger partial charge < -0.3 is 23.8 Å². The second-order valence-electron chi connectivity index (χ2n) is 10.9. The number of sulfonamides is 1. The molecular weight excluding hydrogens is 634 g/mol. The summed E-state index contributed by atoms with van der Waals surface area (Å²) in [4.78, 5) is 7.04. The van der Waals surface area contributed by atoms with Crippen LogP contribution in [-0.4, -0.2) is 70.9 Å². The smallest absolute Gasteiger partial charge is 0.224 e. The van der Waals surface area contributed by atoms with Crippen molar-refractivity contribution in [2.24, 2.45) is 0 Å². The van der Waals surface area contributed by atoms with Gasteiger partial charge in [0.1, 0.15) is 26.7 Å². The van der Waals surface area contributed by atoms with E-state index in [4.69, 9.17) is 23.9 Å². The van der Waals surface area contributed by atoms with Crippen LogP contribution in [0.5, 0.6) is 11.5 Å². The molecule has 5 rings (SSSR count). The van der Waals surface area contributed by atoms with Crippen LogP contribution in [0.2, 0.25) is 0 Å². The van der Waals surface area contributed by atoms with Crippen molar-refractivity contribution in [1.29, 1.82) is 0 Å². The summed E-state index contributed by atoms with van der Waals surface area (Å²) >= 11 is 3.62. The molecule has 9 nitrogen and oxygen atoms in total. The Hall–Kier alpha value is -2.70. The number of pyridine rings is 1. The third-order valence-corrected chi connectivity index (χ3v) is 11.4. The highest BCUT2D eigenvalue weighted by atomic mass is 79.9. The predicted octanol–water partition coefficient (Wildman–Crippen LogP) is 5.51. The highest BCUT2D eigenvalue weighted by Crippen LogP contribution is 2.44. The molecule has 0 amide bonds. The quantitative estimate of drug-likeness (QED) is 0.246. The first-order valence-electron chi connectivity index (χ1n) is 14.7. The first-order chi connectivity index (χ1) is 20.8. The summed E-state index contributed by atoms with van der Waals surface area (Å²) in [6.45, 7) is 5.18. The highest BCUT2D eigenvalue weighted by Gasteiger charge is 2.50. The first kappa shape index (κ1) is 31.7. The summed E-state index contributed by atoms with van der Waals surface area (Å²) in [6.07, 6.45) is 1.58. The SMILES string of the molecule is CCC1COCCN1c1cc(C2(S(=O)(=O)N(Cc3ccc(OC)cc3)Cc3ccc(OC)cc3)CCOCC2)cc(Br)n1. The van der Waals surface area contributed by atoms with E-state index in [-0.39, 0.29) is 19.1 Å². The second kappa shape index (κ2) is 13.9. The van der Waals surface area contributed by atoms with Crippen LogP contribution in [0.25, 0.3) is 0 Å². The van der Waals surface area contributed by atoms with Crippen molar-refractivity contribution in [3.05, 3.63) is 82.0 Å². The molecule has 0 radical (unpaired) electrons. The molecule has 3 aromatic rings. The maximum atomic E-state index is 15.1. The van der Waals surface area contributed by atoms with Crippen molar-refractivity contribution in [2.45, 2.75) is 50.1 Å². The topological polar surface area (TPSA) is 90.4 Å². The summed E-state index contributed by atoms with van der Waals surface area (Å²) in [6, 6.07) is 19.1. The first-order valence-corrected chi connectivity index (χ1v) is 16.9. The molecule has 0 aliphatic carbocycles. The normalized spacial score (nSPS) is 18.9. The van der Waals surface area contributed by atoms with E-state index in [1.54, 1.807) is 18.5 Å². The van der Waals surface area contributed by atoms with E-state index in [9.17, 15) is 0 Å². The molecule has 0 spiro atoms. The number of ether oxygens (including phenoxy) is 4. The van der Waals surface area contributed by atoms with E-state index in [0.717, 1.165) is 40.4 Å². The molecule has 3 heterocycles. The Labute approximate surface area is 263 Å². The summed E-state index contributed by atoms with van der Waals surface area (Å²) in [5.74, 6) is 2.20. The standard InChI is InChI=1S/C32H40BrN3O6S/c1-4-27-23-42-18-15-36(27)31-20-26(19-30(33)34-31)32(13-16-41-17-14-32)43(37,38)35(21-24-5-9-28(39-2)10-6-24)22-25-7-11-29(40-3)12-8-25/h5-12,19-20,27H,4,13-18,21-23H2,1-3H3. The number of hydrogen-bond donors (Lipinski definition) is 0. The molecule has 11 heteroatoms. The van der Waals surface area contributed by atoms with Crippen LogP contribution >= 0.6 is 15.9 Å². The summed E-state index contributed by atoms with van der Waals surface area (Å²) < 4.78 is 53.5. The van der Waals surface area contributed by atoms with Gasteiger partial charge in [0.15, 0.2) is 0 Å². The zero-order valence-electron chi connectivity index (χ0n) is 25.0. The zero-order chi connectivity index (χ0) is 30.5. The summed E-state index contributed by atoms with van der Waals surface area (Å²) in [5.41, 5.74) is 2.47. The van der Waals surface area contributed by atoms with Crippen molar-refractivity contribution < 1.29 is 27.4 Å². The Kier molecular flexibility index (Phi) is 10.3. The predicted molar refractivity (Wildman–Crippen MR) is 170 cm³/mol. The minimum absolute atomic E-state index is 0.173. The molecule has 232 valence electrons. The van der Waals surface area contributed by atoms with Gasteiger partial charge in [0.05, 0.1) is 33.5 Å². The number of rotatable bonds is 11. The van der Waals surface area contributed by atoms with Crippen molar-refractivity contribution in [3.8, 4) is 11.5 Å². The van der Waals surface area contributed by atoms with Gasteiger partial charge in [0.2, 0.25) is 10.0 Å². The van der Waals surface area contributed by atoms with Gasteiger partial charge in [0.25, 0.3) is 0 Å². The maximum absolute atomic E-state index is 15.1. The molecule has 2 fully saturated rings. The fraction of sp³-hybridized carbons (Fsp3) is 0.469. The van der Waals surface area contributed by atoms with Crippen LogP contribution in [0.3, 0.4) is 0 Å². The number of nitrogens with zero attached hydrogens (tertiary/aromatic N) is 3. The van der Waals surface area contributed by atoms with Crippen LogP contribution in [0.4, 0.5) is 5.82 Å². The molecule has 1 aromatic heterocycles. The Morgan fingerprint density at radius 1 is 0.930 bits per heavy atom. The van der Waals surface area contributed by atoms with E-state index >= 15 is 8.42 Å². The van der Waals surface area contributed by atoms with Gasteiger partial charge in [-0.3, -0.25) is 0 Å². The van der Waals surface area contributed by atoms with Gasteiger partial charge in [-0.1, -0.05) is 31.2 Å². The minimum Gasteiger partial charge on any atom is -0.497 e. The van der Waals surface area contributed by atoms with Gasteiger partial charge in [-0.15, -0.1) is 0 Å². The molecule has 2 aromatic carbocycles.